The van der Waals surface area contributed by atoms with Gasteiger partial charge in [0.25, 0.3) is 0 Å². The van der Waals surface area contributed by atoms with Gasteiger partial charge in [-0.1, -0.05) is 6.07 Å². The van der Waals surface area contributed by atoms with Crippen molar-refractivity contribution in [1.29, 1.82) is 0 Å². The van der Waals surface area contributed by atoms with E-state index in [1.807, 2.05) is 52.1 Å². The van der Waals surface area contributed by atoms with Gasteiger partial charge in [-0.15, -0.1) is 0 Å². The third kappa shape index (κ3) is 6.25. The molecule has 1 aromatic heterocycles. The second kappa shape index (κ2) is 8.69. The minimum Gasteiger partial charge on any atom is -0.357 e. The van der Waals surface area contributed by atoms with Crippen LogP contribution in [0.15, 0.2) is 29.4 Å². The van der Waals surface area contributed by atoms with Gasteiger partial charge in [-0.2, -0.15) is 0 Å². The smallest absolute Gasteiger partial charge is 0.242 e. The van der Waals surface area contributed by atoms with Crippen molar-refractivity contribution in [2.45, 2.75) is 33.2 Å². The van der Waals surface area contributed by atoms with Crippen molar-refractivity contribution in [1.82, 2.24) is 20.5 Å². The lowest BCUT2D eigenvalue weighted by Gasteiger charge is -2.37. The summed E-state index contributed by atoms with van der Waals surface area (Å²) >= 11 is 0. The van der Waals surface area contributed by atoms with Crippen molar-refractivity contribution < 1.29 is 4.79 Å². The van der Waals surface area contributed by atoms with Gasteiger partial charge in [-0.05, 0) is 39.8 Å². The first kappa shape index (κ1) is 19.0. The maximum atomic E-state index is 12.0. The van der Waals surface area contributed by atoms with E-state index in [9.17, 15) is 4.79 Å². The lowest BCUT2D eigenvalue weighted by molar-refractivity contribution is -0.121. The minimum atomic E-state index is -0.237. The van der Waals surface area contributed by atoms with Crippen LogP contribution in [-0.4, -0.2) is 66.6 Å². The first-order valence-corrected chi connectivity index (χ1v) is 8.89. The Morgan fingerprint density at radius 1 is 1.24 bits per heavy atom. The van der Waals surface area contributed by atoms with E-state index >= 15 is 0 Å². The van der Waals surface area contributed by atoms with Crippen molar-refractivity contribution in [3.8, 4) is 0 Å². The molecule has 0 saturated carbocycles. The van der Waals surface area contributed by atoms with Crippen molar-refractivity contribution >= 4 is 17.7 Å². The Morgan fingerprint density at radius 2 is 1.96 bits per heavy atom. The first-order chi connectivity index (χ1) is 11.9. The fourth-order valence-electron chi connectivity index (χ4n) is 2.72. The van der Waals surface area contributed by atoms with Crippen LogP contribution >= 0.6 is 0 Å². The Labute approximate surface area is 150 Å². The van der Waals surface area contributed by atoms with Crippen LogP contribution in [0.2, 0.25) is 0 Å². The zero-order valence-electron chi connectivity index (χ0n) is 15.7. The number of rotatable bonds is 4. The number of aliphatic imine (C=N–C) groups is 1. The van der Waals surface area contributed by atoms with E-state index in [4.69, 9.17) is 0 Å². The molecule has 7 heteroatoms. The maximum absolute atomic E-state index is 12.0. The normalized spacial score (nSPS) is 15.9. The molecule has 7 nitrogen and oxygen atoms in total. The highest BCUT2D eigenvalue weighted by Gasteiger charge is 2.21. The number of pyridine rings is 1. The van der Waals surface area contributed by atoms with E-state index in [0.717, 1.165) is 44.5 Å². The summed E-state index contributed by atoms with van der Waals surface area (Å²) in [4.78, 5) is 25.4. The van der Waals surface area contributed by atoms with E-state index in [1.54, 1.807) is 0 Å². The number of hydrogen-bond acceptors (Lipinski definition) is 4. The summed E-state index contributed by atoms with van der Waals surface area (Å²) in [7, 11) is 0. The summed E-state index contributed by atoms with van der Waals surface area (Å²) < 4.78 is 0. The molecule has 25 heavy (non-hydrogen) atoms. The molecule has 0 aliphatic carbocycles. The van der Waals surface area contributed by atoms with Crippen molar-refractivity contribution in [2.24, 2.45) is 4.99 Å². The van der Waals surface area contributed by atoms with Gasteiger partial charge >= 0.3 is 0 Å². The number of guanidine groups is 1. The summed E-state index contributed by atoms with van der Waals surface area (Å²) in [6.07, 6.45) is 1.82. The second-order valence-corrected chi connectivity index (χ2v) is 7.13. The average molecular weight is 346 g/mol. The highest BCUT2D eigenvalue weighted by Crippen LogP contribution is 2.12. The summed E-state index contributed by atoms with van der Waals surface area (Å²) in [6.45, 7) is 12.3. The SMILES string of the molecule is CCNC(=NCC(=O)NC(C)(C)C)N1CCN(c2ccccn2)CC1. The van der Waals surface area contributed by atoms with E-state index in [0.29, 0.717) is 0 Å². The van der Waals surface area contributed by atoms with E-state index in [2.05, 4.69) is 30.4 Å². The molecular weight excluding hydrogens is 316 g/mol. The molecule has 1 fully saturated rings. The number of amides is 1. The molecule has 0 bridgehead atoms. The van der Waals surface area contributed by atoms with Gasteiger partial charge in [0.15, 0.2) is 5.96 Å². The monoisotopic (exact) mass is 346 g/mol. The lowest BCUT2D eigenvalue weighted by Crippen LogP contribution is -2.53. The highest BCUT2D eigenvalue weighted by atomic mass is 16.2. The van der Waals surface area contributed by atoms with Crippen LogP contribution in [-0.2, 0) is 4.79 Å². The van der Waals surface area contributed by atoms with E-state index in [-0.39, 0.29) is 18.0 Å². The molecule has 0 unspecified atom stereocenters. The average Bonchev–Trinajstić information content (AvgIpc) is 2.58. The first-order valence-electron chi connectivity index (χ1n) is 8.89. The van der Waals surface area contributed by atoms with E-state index < -0.39 is 0 Å². The molecule has 1 aliphatic heterocycles. The van der Waals surface area contributed by atoms with Gasteiger partial charge in [-0.25, -0.2) is 9.98 Å². The number of piperazine rings is 1. The van der Waals surface area contributed by atoms with Crippen LogP contribution in [0.4, 0.5) is 5.82 Å². The molecule has 1 aliphatic rings. The molecule has 1 aromatic rings. The van der Waals surface area contributed by atoms with Gasteiger partial charge < -0.3 is 20.4 Å². The molecule has 1 amide bonds. The van der Waals surface area contributed by atoms with Crippen molar-refractivity contribution in [3.05, 3.63) is 24.4 Å². The summed E-state index contributed by atoms with van der Waals surface area (Å²) in [5, 5.41) is 6.23. The number of aromatic nitrogens is 1. The zero-order chi connectivity index (χ0) is 18.3. The van der Waals surface area contributed by atoms with Gasteiger partial charge in [-0.3, -0.25) is 4.79 Å². The Balaban J connectivity index is 1.92. The Morgan fingerprint density at radius 3 is 2.52 bits per heavy atom. The largest absolute Gasteiger partial charge is 0.357 e. The van der Waals surface area contributed by atoms with Crippen LogP contribution in [0.1, 0.15) is 27.7 Å². The number of carbonyl (C=O) groups is 1. The number of nitrogens with zero attached hydrogens (tertiary/aromatic N) is 4. The fraction of sp³-hybridized carbons (Fsp3) is 0.611. The van der Waals surface area contributed by atoms with Crippen LogP contribution in [0.3, 0.4) is 0 Å². The van der Waals surface area contributed by atoms with Gasteiger partial charge in [0.05, 0.1) is 0 Å². The third-order valence-electron chi connectivity index (χ3n) is 3.77. The van der Waals surface area contributed by atoms with Gasteiger partial charge in [0.2, 0.25) is 5.91 Å². The number of carbonyl (C=O) groups excluding carboxylic acids is 1. The topological polar surface area (TPSA) is 72.9 Å². The molecule has 0 aromatic carbocycles. The molecule has 2 N–H and O–H groups in total. The third-order valence-corrected chi connectivity index (χ3v) is 3.77. The Kier molecular flexibility index (Phi) is 6.61. The Bertz CT molecular complexity index is 573. The molecule has 0 atom stereocenters. The Hall–Kier alpha value is -2.31. The minimum absolute atomic E-state index is 0.0602. The van der Waals surface area contributed by atoms with E-state index in [1.165, 1.54) is 0 Å². The predicted molar refractivity (Wildman–Crippen MR) is 102 cm³/mol. The van der Waals surface area contributed by atoms with Crippen LogP contribution in [0.5, 0.6) is 0 Å². The van der Waals surface area contributed by atoms with Crippen molar-refractivity contribution in [3.63, 3.8) is 0 Å². The molecule has 0 radical (unpaired) electrons. The van der Waals surface area contributed by atoms with Crippen molar-refractivity contribution in [2.75, 3.05) is 44.2 Å². The standard InChI is InChI=1S/C18H30N6O/c1-5-19-17(21-14-16(25)22-18(2,3)4)24-12-10-23(11-13-24)15-8-6-7-9-20-15/h6-9H,5,10-14H2,1-4H3,(H,19,21)(H,22,25). The van der Waals surface area contributed by atoms with Crippen LogP contribution in [0, 0.1) is 0 Å². The lowest BCUT2D eigenvalue weighted by atomic mass is 10.1. The number of nitrogens with one attached hydrogen (secondary N) is 2. The molecular formula is C18H30N6O. The summed E-state index contributed by atoms with van der Waals surface area (Å²) in [6, 6.07) is 5.97. The number of anilines is 1. The second-order valence-electron chi connectivity index (χ2n) is 7.13. The molecule has 2 rings (SSSR count). The van der Waals surface area contributed by atoms with Gasteiger partial charge in [0, 0.05) is 44.5 Å². The fourth-order valence-corrected chi connectivity index (χ4v) is 2.72. The molecule has 1 saturated heterocycles. The predicted octanol–water partition coefficient (Wildman–Crippen LogP) is 1.08. The number of hydrogen-bond donors (Lipinski definition) is 2. The zero-order valence-corrected chi connectivity index (χ0v) is 15.7. The highest BCUT2D eigenvalue weighted by molar-refractivity contribution is 5.85. The molecule has 0 spiro atoms. The maximum Gasteiger partial charge on any atom is 0.242 e. The molecule has 2 heterocycles. The summed E-state index contributed by atoms with van der Waals surface area (Å²) in [5.41, 5.74) is -0.237. The van der Waals surface area contributed by atoms with Crippen LogP contribution in [0.25, 0.3) is 0 Å². The summed E-state index contributed by atoms with van der Waals surface area (Å²) in [5.74, 6) is 1.75. The van der Waals surface area contributed by atoms with Gasteiger partial charge in [0.1, 0.15) is 12.4 Å². The molecule has 138 valence electrons. The quantitative estimate of drug-likeness (QED) is 0.631. The van der Waals surface area contributed by atoms with Crippen LogP contribution < -0.4 is 15.5 Å².